The van der Waals surface area contributed by atoms with Crippen molar-refractivity contribution in [1.82, 2.24) is 10.6 Å². The standard InChI is InChI=1S/C35H43ClN2O7/c1-22(2)18-31-35(42)44-29(23(3)14-15-25-10-7-6-8-11-25)12-9-13-32(39)38-28(33(40)37-21-24(4)34(41)45-31)20-26-16-17-30(43-5)27(36)19-26/h6-11,13-17,19,22-24,28-29,31H,12,18,20-21H2,1-5H3,(H,37,40)(H,38,39)/b13-9+,15-14+/t23-,24-,28+,29+,31+/m1/s1. The maximum atomic E-state index is 13.4. The minimum Gasteiger partial charge on any atom is -0.495 e. The number of benzene rings is 2. The third-order valence-corrected chi connectivity index (χ3v) is 7.66. The molecule has 0 fully saturated rings. The van der Waals surface area contributed by atoms with E-state index in [0.29, 0.717) is 16.3 Å². The molecular formula is C35H43ClN2O7. The van der Waals surface area contributed by atoms with E-state index >= 15 is 0 Å². The topological polar surface area (TPSA) is 120 Å². The van der Waals surface area contributed by atoms with E-state index in [2.05, 4.69) is 10.6 Å². The van der Waals surface area contributed by atoms with Gasteiger partial charge in [-0.25, -0.2) is 4.79 Å². The number of cyclic esters (lactones) is 2. The first-order valence-electron chi connectivity index (χ1n) is 15.2. The van der Waals surface area contributed by atoms with Crippen molar-refractivity contribution in [3.63, 3.8) is 0 Å². The molecule has 1 aliphatic rings. The van der Waals surface area contributed by atoms with E-state index in [1.807, 2.05) is 63.3 Å². The van der Waals surface area contributed by atoms with E-state index in [9.17, 15) is 19.2 Å². The van der Waals surface area contributed by atoms with Crippen LogP contribution in [-0.4, -0.2) is 55.7 Å². The molecule has 2 N–H and O–H groups in total. The average Bonchev–Trinajstić information content (AvgIpc) is 3.01. The smallest absolute Gasteiger partial charge is 0.347 e. The number of esters is 2. The van der Waals surface area contributed by atoms with E-state index in [1.165, 1.54) is 13.2 Å². The zero-order chi connectivity index (χ0) is 32.9. The van der Waals surface area contributed by atoms with Crippen LogP contribution < -0.4 is 15.4 Å². The number of carbonyl (C=O) groups excluding carboxylic acids is 4. The summed E-state index contributed by atoms with van der Waals surface area (Å²) in [6, 6.07) is 13.9. The van der Waals surface area contributed by atoms with Crippen LogP contribution in [0.4, 0.5) is 0 Å². The van der Waals surface area contributed by atoms with Crippen molar-refractivity contribution in [3.8, 4) is 5.75 Å². The lowest BCUT2D eigenvalue weighted by Gasteiger charge is -2.26. The molecule has 5 atom stereocenters. The molecule has 2 aromatic carbocycles. The Bertz CT molecular complexity index is 1380. The zero-order valence-corrected chi connectivity index (χ0v) is 27.2. The van der Waals surface area contributed by atoms with Crippen molar-refractivity contribution in [3.05, 3.63) is 82.9 Å². The van der Waals surface area contributed by atoms with Gasteiger partial charge in [0.25, 0.3) is 0 Å². The molecule has 0 aromatic heterocycles. The van der Waals surface area contributed by atoms with E-state index in [-0.39, 0.29) is 37.6 Å². The van der Waals surface area contributed by atoms with Gasteiger partial charge in [0.05, 0.1) is 18.1 Å². The first kappa shape index (κ1) is 35.4. The van der Waals surface area contributed by atoms with Crippen LogP contribution in [0.5, 0.6) is 5.75 Å². The Labute approximate surface area is 270 Å². The third kappa shape index (κ3) is 11.4. The van der Waals surface area contributed by atoms with Gasteiger partial charge >= 0.3 is 11.9 Å². The second kappa shape index (κ2) is 17.4. The van der Waals surface area contributed by atoms with Crippen LogP contribution in [0.3, 0.4) is 0 Å². The molecule has 45 heavy (non-hydrogen) atoms. The molecule has 2 aromatic rings. The molecule has 0 radical (unpaired) electrons. The zero-order valence-electron chi connectivity index (χ0n) is 26.5. The van der Waals surface area contributed by atoms with E-state index in [4.69, 9.17) is 25.8 Å². The summed E-state index contributed by atoms with van der Waals surface area (Å²) in [6.07, 6.45) is 5.68. The maximum absolute atomic E-state index is 13.4. The summed E-state index contributed by atoms with van der Waals surface area (Å²) in [5.41, 5.74) is 1.69. The van der Waals surface area contributed by atoms with Crippen LogP contribution in [0.1, 0.15) is 51.7 Å². The number of methoxy groups -OCH3 is 1. The van der Waals surface area contributed by atoms with Gasteiger partial charge < -0.3 is 24.8 Å². The fourth-order valence-electron chi connectivity index (χ4n) is 4.69. The Morgan fingerprint density at radius 2 is 1.76 bits per heavy atom. The quantitative estimate of drug-likeness (QED) is 0.376. The van der Waals surface area contributed by atoms with Gasteiger partial charge in [0.2, 0.25) is 11.8 Å². The lowest BCUT2D eigenvalue weighted by Crippen LogP contribution is -2.49. The lowest BCUT2D eigenvalue weighted by molar-refractivity contribution is -0.175. The van der Waals surface area contributed by atoms with Crippen molar-refractivity contribution in [2.24, 2.45) is 17.8 Å². The number of carbonyl (C=O) groups is 4. The fourth-order valence-corrected chi connectivity index (χ4v) is 4.97. The summed E-state index contributed by atoms with van der Waals surface area (Å²) < 4.78 is 16.8. The molecule has 3 rings (SSSR count). The number of hydrogen-bond donors (Lipinski definition) is 2. The molecule has 0 saturated heterocycles. The number of halogens is 1. The number of hydrogen-bond acceptors (Lipinski definition) is 7. The molecule has 0 spiro atoms. The normalized spacial score (nSPS) is 23.5. The van der Waals surface area contributed by atoms with Gasteiger partial charge in [-0.3, -0.25) is 14.4 Å². The van der Waals surface area contributed by atoms with Crippen molar-refractivity contribution >= 4 is 41.4 Å². The molecule has 2 amide bonds. The van der Waals surface area contributed by atoms with Gasteiger partial charge in [-0.05, 0) is 41.7 Å². The Morgan fingerprint density at radius 3 is 2.42 bits per heavy atom. The van der Waals surface area contributed by atoms with Crippen LogP contribution in [0.25, 0.3) is 6.08 Å². The summed E-state index contributed by atoms with van der Waals surface area (Å²) in [5, 5.41) is 5.85. The van der Waals surface area contributed by atoms with Crippen LogP contribution in [0.2, 0.25) is 5.02 Å². The van der Waals surface area contributed by atoms with Crippen molar-refractivity contribution in [1.29, 1.82) is 0 Å². The lowest BCUT2D eigenvalue weighted by atomic mass is 9.99. The first-order valence-corrected chi connectivity index (χ1v) is 15.6. The van der Waals surface area contributed by atoms with Gasteiger partial charge in [-0.1, -0.05) is 93.9 Å². The van der Waals surface area contributed by atoms with E-state index in [1.54, 1.807) is 31.2 Å². The van der Waals surface area contributed by atoms with Gasteiger partial charge in [0, 0.05) is 25.3 Å². The SMILES string of the molecule is COc1ccc(C[C@@H]2NC(=O)/C=C/C[C@@H]([C@H](C)/C=C/c3ccccc3)OC(=O)[C@H](CC(C)C)OC(=O)[C@H](C)CNC2=O)cc1Cl. The summed E-state index contributed by atoms with van der Waals surface area (Å²) in [6.45, 7) is 7.29. The number of ether oxygens (including phenoxy) is 3. The van der Waals surface area contributed by atoms with Crippen LogP contribution in [0.15, 0.2) is 66.8 Å². The highest BCUT2D eigenvalue weighted by molar-refractivity contribution is 6.32. The maximum Gasteiger partial charge on any atom is 0.347 e. The minimum absolute atomic E-state index is 0.0422. The number of rotatable bonds is 8. The number of amides is 2. The Morgan fingerprint density at radius 1 is 1.02 bits per heavy atom. The molecule has 0 bridgehead atoms. The van der Waals surface area contributed by atoms with Gasteiger partial charge in [-0.15, -0.1) is 0 Å². The summed E-state index contributed by atoms with van der Waals surface area (Å²) in [7, 11) is 1.51. The molecule has 1 aliphatic heterocycles. The summed E-state index contributed by atoms with van der Waals surface area (Å²) >= 11 is 6.29. The molecule has 0 saturated carbocycles. The van der Waals surface area contributed by atoms with Crippen LogP contribution in [-0.2, 0) is 35.1 Å². The predicted molar refractivity (Wildman–Crippen MR) is 173 cm³/mol. The molecular weight excluding hydrogens is 596 g/mol. The molecule has 0 aliphatic carbocycles. The fraction of sp³-hybridized carbons (Fsp3) is 0.429. The van der Waals surface area contributed by atoms with Crippen LogP contribution in [0, 0.1) is 17.8 Å². The Hall–Kier alpha value is -4.11. The van der Waals surface area contributed by atoms with Gasteiger partial charge in [0.1, 0.15) is 17.9 Å². The second-order valence-corrected chi connectivity index (χ2v) is 12.1. The van der Waals surface area contributed by atoms with Gasteiger partial charge in [0.15, 0.2) is 6.10 Å². The van der Waals surface area contributed by atoms with E-state index < -0.39 is 47.9 Å². The number of nitrogens with one attached hydrogen (secondary N) is 2. The summed E-state index contributed by atoms with van der Waals surface area (Å²) in [5.74, 6) is -2.74. The monoisotopic (exact) mass is 638 g/mol. The second-order valence-electron chi connectivity index (χ2n) is 11.7. The van der Waals surface area contributed by atoms with Crippen molar-refractivity contribution in [2.45, 2.75) is 65.2 Å². The molecule has 1 heterocycles. The molecule has 242 valence electrons. The van der Waals surface area contributed by atoms with Crippen molar-refractivity contribution < 1.29 is 33.4 Å². The minimum atomic E-state index is -1.11. The van der Waals surface area contributed by atoms with Crippen LogP contribution >= 0.6 is 11.6 Å². The molecule has 0 unspecified atom stereocenters. The third-order valence-electron chi connectivity index (χ3n) is 7.36. The van der Waals surface area contributed by atoms with Gasteiger partial charge in [-0.2, -0.15) is 0 Å². The Kier molecular flexibility index (Phi) is 13.7. The van der Waals surface area contributed by atoms with E-state index in [0.717, 1.165) is 5.56 Å². The highest BCUT2D eigenvalue weighted by Crippen LogP contribution is 2.26. The highest BCUT2D eigenvalue weighted by Gasteiger charge is 2.31. The summed E-state index contributed by atoms with van der Waals surface area (Å²) in [4.78, 5) is 52.7. The molecule has 9 nitrogen and oxygen atoms in total. The predicted octanol–water partition coefficient (Wildman–Crippen LogP) is 5.31. The average molecular weight is 639 g/mol. The Balaban J connectivity index is 1.89. The molecule has 10 heteroatoms. The van der Waals surface area contributed by atoms with Crippen molar-refractivity contribution in [2.75, 3.05) is 13.7 Å². The largest absolute Gasteiger partial charge is 0.495 e. The highest BCUT2D eigenvalue weighted by atomic mass is 35.5. The first-order chi connectivity index (χ1) is 21.5.